The Morgan fingerprint density at radius 2 is 1.56 bits per heavy atom. The van der Waals surface area contributed by atoms with Crippen LogP contribution in [0, 0.1) is 0 Å². The highest BCUT2D eigenvalue weighted by molar-refractivity contribution is 5.76. The number of rotatable bonds is 4. The number of aromatic nitrogens is 1. The van der Waals surface area contributed by atoms with Gasteiger partial charge in [-0.2, -0.15) is 0 Å². The lowest BCUT2D eigenvalue weighted by Gasteiger charge is -2.12. The van der Waals surface area contributed by atoms with Gasteiger partial charge in [0, 0.05) is 23.4 Å². The van der Waals surface area contributed by atoms with Crippen molar-refractivity contribution in [1.29, 1.82) is 0 Å². The van der Waals surface area contributed by atoms with Crippen LogP contribution in [0.1, 0.15) is 0 Å². The molecule has 0 bridgehead atoms. The van der Waals surface area contributed by atoms with Crippen molar-refractivity contribution in [3.8, 4) is 28.4 Å². The third-order valence-electron chi connectivity index (χ3n) is 2.70. The Morgan fingerprint density at radius 1 is 0.833 bits per heavy atom. The molecule has 0 aliphatic heterocycles. The monoisotopic (exact) mass is 245 g/mol. The predicted octanol–water partition coefficient (Wildman–Crippen LogP) is 2.77. The van der Waals surface area contributed by atoms with Gasteiger partial charge in [0.25, 0.3) is 0 Å². The molecular weight excluding hydrogens is 230 g/mol. The Morgan fingerprint density at radius 3 is 2.22 bits per heavy atom. The first kappa shape index (κ1) is 12.2. The summed E-state index contributed by atoms with van der Waals surface area (Å²) in [7, 11) is 4.88. The van der Waals surface area contributed by atoms with E-state index in [4.69, 9.17) is 14.2 Å². The molecular formula is C14H15NO3. The first-order chi connectivity index (χ1) is 8.80. The Balaban J connectivity index is 2.56. The van der Waals surface area contributed by atoms with Gasteiger partial charge in [0.2, 0.25) is 0 Å². The lowest BCUT2D eigenvalue weighted by Crippen LogP contribution is -1.93. The smallest absolute Gasteiger partial charge is 0.145 e. The summed E-state index contributed by atoms with van der Waals surface area (Å²) in [5, 5.41) is 0. The van der Waals surface area contributed by atoms with Crippen molar-refractivity contribution >= 4 is 0 Å². The maximum Gasteiger partial charge on any atom is 0.145 e. The van der Waals surface area contributed by atoms with Gasteiger partial charge in [-0.15, -0.1) is 0 Å². The molecule has 94 valence electrons. The maximum atomic E-state index is 5.39. The minimum Gasteiger partial charge on any atom is -0.497 e. The summed E-state index contributed by atoms with van der Waals surface area (Å²) in [5.41, 5.74) is 1.88. The van der Waals surface area contributed by atoms with Crippen molar-refractivity contribution < 1.29 is 14.2 Å². The molecule has 0 saturated heterocycles. The topological polar surface area (TPSA) is 40.6 Å². The largest absolute Gasteiger partial charge is 0.497 e. The van der Waals surface area contributed by atoms with Gasteiger partial charge < -0.3 is 14.2 Å². The SMILES string of the molecule is COc1ccc(-c2ccncc2OC)c(OC)c1. The Kier molecular flexibility index (Phi) is 3.67. The minimum atomic E-state index is 0.709. The Labute approximate surface area is 106 Å². The van der Waals surface area contributed by atoms with Crippen LogP contribution in [0.15, 0.2) is 36.7 Å². The van der Waals surface area contributed by atoms with E-state index >= 15 is 0 Å². The zero-order valence-electron chi connectivity index (χ0n) is 10.6. The molecule has 4 heteroatoms. The lowest BCUT2D eigenvalue weighted by molar-refractivity contribution is 0.394. The molecule has 2 aromatic rings. The minimum absolute atomic E-state index is 0.709. The third-order valence-corrected chi connectivity index (χ3v) is 2.70. The Bertz CT molecular complexity index is 540. The van der Waals surface area contributed by atoms with Crippen molar-refractivity contribution in [2.75, 3.05) is 21.3 Å². The van der Waals surface area contributed by atoms with Gasteiger partial charge in [0.15, 0.2) is 0 Å². The number of pyridine rings is 1. The standard InChI is InChI=1S/C14H15NO3/c1-16-10-4-5-11(13(8-10)17-2)12-6-7-15-9-14(12)18-3/h4-9H,1-3H3. The summed E-state index contributed by atoms with van der Waals surface area (Å²) < 4.78 is 15.9. The molecule has 1 heterocycles. The molecule has 0 fully saturated rings. The van der Waals surface area contributed by atoms with Gasteiger partial charge in [0.1, 0.15) is 17.2 Å². The van der Waals surface area contributed by atoms with E-state index in [2.05, 4.69) is 4.98 Å². The molecule has 4 nitrogen and oxygen atoms in total. The average Bonchev–Trinajstić information content (AvgIpc) is 2.46. The molecule has 0 unspecified atom stereocenters. The number of hydrogen-bond donors (Lipinski definition) is 0. The second kappa shape index (κ2) is 5.40. The number of methoxy groups -OCH3 is 3. The zero-order chi connectivity index (χ0) is 13.0. The summed E-state index contributed by atoms with van der Waals surface area (Å²) >= 11 is 0. The highest BCUT2D eigenvalue weighted by Gasteiger charge is 2.11. The fraction of sp³-hybridized carbons (Fsp3) is 0.214. The quantitative estimate of drug-likeness (QED) is 0.830. The van der Waals surface area contributed by atoms with Crippen LogP contribution < -0.4 is 14.2 Å². The molecule has 1 aromatic heterocycles. The molecule has 0 saturated carbocycles. The first-order valence-corrected chi connectivity index (χ1v) is 5.50. The molecule has 0 amide bonds. The van der Waals surface area contributed by atoms with Crippen molar-refractivity contribution in [3.63, 3.8) is 0 Å². The second-order valence-electron chi connectivity index (χ2n) is 3.64. The number of ether oxygens (including phenoxy) is 3. The van der Waals surface area contributed by atoms with E-state index in [0.717, 1.165) is 22.6 Å². The molecule has 0 radical (unpaired) electrons. The molecule has 0 aliphatic rings. The van der Waals surface area contributed by atoms with E-state index in [1.165, 1.54) is 0 Å². The van der Waals surface area contributed by atoms with Gasteiger partial charge in [0.05, 0.1) is 27.5 Å². The number of benzene rings is 1. The molecule has 2 rings (SSSR count). The average molecular weight is 245 g/mol. The summed E-state index contributed by atoms with van der Waals surface area (Å²) in [5.74, 6) is 2.20. The van der Waals surface area contributed by atoms with Crippen LogP contribution in [0.5, 0.6) is 17.2 Å². The first-order valence-electron chi connectivity index (χ1n) is 5.50. The summed E-state index contributed by atoms with van der Waals surface area (Å²) in [4.78, 5) is 4.04. The van der Waals surface area contributed by atoms with Crippen LogP contribution in [0.3, 0.4) is 0 Å². The summed E-state index contributed by atoms with van der Waals surface area (Å²) in [6, 6.07) is 7.56. The van der Waals surface area contributed by atoms with Crippen molar-refractivity contribution in [2.24, 2.45) is 0 Å². The van der Waals surface area contributed by atoms with Crippen LogP contribution in [0.2, 0.25) is 0 Å². The van der Waals surface area contributed by atoms with Crippen molar-refractivity contribution in [2.45, 2.75) is 0 Å². The molecule has 1 aromatic carbocycles. The maximum absolute atomic E-state index is 5.39. The van der Waals surface area contributed by atoms with Gasteiger partial charge in [-0.05, 0) is 18.2 Å². The van der Waals surface area contributed by atoms with Gasteiger partial charge in [-0.1, -0.05) is 0 Å². The van der Waals surface area contributed by atoms with Crippen LogP contribution in [-0.4, -0.2) is 26.3 Å². The van der Waals surface area contributed by atoms with Crippen LogP contribution in [0.25, 0.3) is 11.1 Å². The van der Waals surface area contributed by atoms with Gasteiger partial charge in [-0.3, -0.25) is 4.98 Å². The number of nitrogens with zero attached hydrogens (tertiary/aromatic N) is 1. The number of hydrogen-bond acceptors (Lipinski definition) is 4. The zero-order valence-corrected chi connectivity index (χ0v) is 10.6. The van der Waals surface area contributed by atoms with E-state index in [9.17, 15) is 0 Å². The van der Waals surface area contributed by atoms with E-state index in [1.807, 2.05) is 24.3 Å². The van der Waals surface area contributed by atoms with E-state index in [-0.39, 0.29) is 0 Å². The normalized spacial score (nSPS) is 9.94. The molecule has 0 aliphatic carbocycles. The molecule has 0 N–H and O–H groups in total. The van der Waals surface area contributed by atoms with Crippen LogP contribution in [-0.2, 0) is 0 Å². The molecule has 18 heavy (non-hydrogen) atoms. The van der Waals surface area contributed by atoms with E-state index in [0.29, 0.717) is 5.75 Å². The fourth-order valence-electron chi connectivity index (χ4n) is 1.79. The highest BCUT2D eigenvalue weighted by atomic mass is 16.5. The van der Waals surface area contributed by atoms with Gasteiger partial charge >= 0.3 is 0 Å². The van der Waals surface area contributed by atoms with E-state index < -0.39 is 0 Å². The summed E-state index contributed by atoms with van der Waals surface area (Å²) in [6.45, 7) is 0. The highest BCUT2D eigenvalue weighted by Crippen LogP contribution is 2.37. The molecule has 0 atom stereocenters. The predicted molar refractivity (Wildman–Crippen MR) is 69.3 cm³/mol. The van der Waals surface area contributed by atoms with Crippen molar-refractivity contribution in [3.05, 3.63) is 36.7 Å². The molecule has 0 spiro atoms. The summed E-state index contributed by atoms with van der Waals surface area (Å²) in [6.07, 6.45) is 3.40. The van der Waals surface area contributed by atoms with Gasteiger partial charge in [-0.25, -0.2) is 0 Å². The Hall–Kier alpha value is -2.23. The fourth-order valence-corrected chi connectivity index (χ4v) is 1.79. The third kappa shape index (κ3) is 2.22. The van der Waals surface area contributed by atoms with Crippen LogP contribution >= 0.6 is 0 Å². The second-order valence-corrected chi connectivity index (χ2v) is 3.64. The van der Waals surface area contributed by atoms with Crippen LogP contribution in [0.4, 0.5) is 0 Å². The van der Waals surface area contributed by atoms with Crippen molar-refractivity contribution in [1.82, 2.24) is 4.98 Å². The van der Waals surface area contributed by atoms with E-state index in [1.54, 1.807) is 33.7 Å². The lowest BCUT2D eigenvalue weighted by atomic mass is 10.0.